The Bertz CT molecular complexity index is 850. The molecule has 0 spiro atoms. The van der Waals surface area contributed by atoms with Crippen molar-refractivity contribution in [1.29, 1.82) is 0 Å². The third kappa shape index (κ3) is 3.88. The van der Waals surface area contributed by atoms with Gasteiger partial charge in [0.2, 0.25) is 0 Å². The third-order valence-corrected chi connectivity index (χ3v) is 4.28. The van der Waals surface area contributed by atoms with Crippen LogP contribution >= 0.6 is 0 Å². The van der Waals surface area contributed by atoms with E-state index in [9.17, 15) is 14.7 Å². The summed E-state index contributed by atoms with van der Waals surface area (Å²) in [5.41, 5.74) is 1.12. The van der Waals surface area contributed by atoms with E-state index in [1.54, 1.807) is 36.7 Å². The summed E-state index contributed by atoms with van der Waals surface area (Å²) < 4.78 is 5.54. The van der Waals surface area contributed by atoms with Crippen LogP contribution in [0.5, 0.6) is 0 Å². The second-order valence-electron chi connectivity index (χ2n) is 6.43. The predicted molar refractivity (Wildman–Crippen MR) is 98.6 cm³/mol. The van der Waals surface area contributed by atoms with E-state index in [0.29, 0.717) is 11.1 Å². The molecule has 3 rings (SSSR count). The summed E-state index contributed by atoms with van der Waals surface area (Å²) in [6.07, 6.45) is 6.24. The average molecular weight is 367 g/mol. The van der Waals surface area contributed by atoms with Gasteiger partial charge in [-0.2, -0.15) is 0 Å². The van der Waals surface area contributed by atoms with Crippen molar-refractivity contribution >= 4 is 17.4 Å². The molecule has 1 aliphatic rings. The Kier molecular flexibility index (Phi) is 5.61. The first-order valence-corrected chi connectivity index (χ1v) is 8.71. The van der Waals surface area contributed by atoms with Crippen molar-refractivity contribution in [2.75, 3.05) is 13.2 Å². The van der Waals surface area contributed by atoms with Crippen molar-refractivity contribution < 1.29 is 19.4 Å². The third-order valence-electron chi connectivity index (χ3n) is 4.28. The molecule has 1 fully saturated rings. The van der Waals surface area contributed by atoms with Gasteiger partial charge in [-0.3, -0.25) is 19.6 Å². The summed E-state index contributed by atoms with van der Waals surface area (Å²) in [7, 11) is 0. The lowest BCUT2D eigenvalue weighted by Gasteiger charge is -2.25. The highest BCUT2D eigenvalue weighted by Crippen LogP contribution is 2.38. The molecule has 140 valence electrons. The van der Waals surface area contributed by atoms with Crippen molar-refractivity contribution in [3.8, 4) is 0 Å². The van der Waals surface area contributed by atoms with Crippen LogP contribution in [0.1, 0.15) is 31.0 Å². The Balaban J connectivity index is 2.05. The van der Waals surface area contributed by atoms with Gasteiger partial charge in [0.25, 0.3) is 11.7 Å². The number of pyridine rings is 2. The van der Waals surface area contributed by atoms with E-state index in [1.807, 2.05) is 13.8 Å². The number of Topliss-reactive ketones (excluding diaryl/α,β-unsaturated/α-hetero) is 1. The molecule has 0 radical (unpaired) electrons. The SMILES string of the molecule is CC(C)OCCN1C(=O)C(=O)/C(=C(\O)c2ccncc2)C1c1cccnc1. The Morgan fingerprint density at radius 3 is 2.56 bits per heavy atom. The number of aliphatic hydroxyl groups is 1. The first-order valence-electron chi connectivity index (χ1n) is 8.71. The van der Waals surface area contributed by atoms with Crippen LogP contribution in [0.25, 0.3) is 5.76 Å². The lowest BCUT2D eigenvalue weighted by Crippen LogP contribution is -2.33. The molecule has 0 aromatic carbocycles. The van der Waals surface area contributed by atoms with Crippen LogP contribution in [-0.4, -0.2) is 50.9 Å². The topological polar surface area (TPSA) is 92.6 Å². The molecule has 1 N–H and O–H groups in total. The second kappa shape index (κ2) is 8.09. The Hall–Kier alpha value is -3.06. The molecule has 0 aliphatic carbocycles. The molecule has 1 aliphatic heterocycles. The van der Waals surface area contributed by atoms with E-state index in [0.717, 1.165) is 0 Å². The molecule has 1 saturated heterocycles. The van der Waals surface area contributed by atoms with Gasteiger partial charge in [0, 0.05) is 36.9 Å². The molecule has 2 aromatic rings. The van der Waals surface area contributed by atoms with Gasteiger partial charge in [-0.15, -0.1) is 0 Å². The van der Waals surface area contributed by atoms with Crippen LogP contribution < -0.4 is 0 Å². The minimum atomic E-state index is -0.720. The maximum atomic E-state index is 12.7. The van der Waals surface area contributed by atoms with E-state index >= 15 is 0 Å². The maximum absolute atomic E-state index is 12.7. The zero-order valence-corrected chi connectivity index (χ0v) is 15.2. The quantitative estimate of drug-likeness (QED) is 0.478. The van der Waals surface area contributed by atoms with E-state index in [2.05, 4.69) is 9.97 Å². The van der Waals surface area contributed by atoms with Crippen molar-refractivity contribution in [1.82, 2.24) is 14.9 Å². The molecular weight excluding hydrogens is 346 g/mol. The smallest absolute Gasteiger partial charge is 0.295 e. The van der Waals surface area contributed by atoms with E-state index in [1.165, 1.54) is 17.3 Å². The van der Waals surface area contributed by atoms with E-state index in [4.69, 9.17) is 4.74 Å². The molecule has 7 heteroatoms. The van der Waals surface area contributed by atoms with Gasteiger partial charge < -0.3 is 14.7 Å². The fourth-order valence-electron chi connectivity index (χ4n) is 3.05. The average Bonchev–Trinajstić information content (AvgIpc) is 2.93. The number of carbonyl (C=O) groups is 2. The van der Waals surface area contributed by atoms with Gasteiger partial charge in [0.05, 0.1) is 24.3 Å². The van der Waals surface area contributed by atoms with Gasteiger partial charge in [-0.1, -0.05) is 6.07 Å². The number of carbonyl (C=O) groups excluding carboxylic acids is 2. The lowest BCUT2D eigenvalue weighted by atomic mass is 9.96. The van der Waals surface area contributed by atoms with Crippen LogP contribution in [-0.2, 0) is 14.3 Å². The molecule has 1 amide bonds. The number of ether oxygens (including phenoxy) is 1. The maximum Gasteiger partial charge on any atom is 0.295 e. The summed E-state index contributed by atoms with van der Waals surface area (Å²) in [5, 5.41) is 10.8. The molecule has 27 heavy (non-hydrogen) atoms. The summed E-state index contributed by atoms with van der Waals surface area (Å²) in [4.78, 5) is 34.8. The number of aromatic nitrogens is 2. The second-order valence-corrected chi connectivity index (χ2v) is 6.43. The van der Waals surface area contributed by atoms with Gasteiger partial charge in [-0.05, 0) is 37.6 Å². The molecular formula is C20H21N3O4. The summed E-state index contributed by atoms with van der Waals surface area (Å²) >= 11 is 0. The Morgan fingerprint density at radius 1 is 1.19 bits per heavy atom. The van der Waals surface area contributed by atoms with Crippen molar-refractivity contribution in [3.63, 3.8) is 0 Å². The minimum Gasteiger partial charge on any atom is -0.507 e. The van der Waals surface area contributed by atoms with E-state index in [-0.39, 0.29) is 30.6 Å². The number of hydrogen-bond donors (Lipinski definition) is 1. The molecule has 2 aromatic heterocycles. The normalized spacial score (nSPS) is 19.1. The zero-order valence-electron chi connectivity index (χ0n) is 15.2. The Morgan fingerprint density at radius 2 is 1.93 bits per heavy atom. The van der Waals surface area contributed by atoms with E-state index < -0.39 is 17.7 Å². The van der Waals surface area contributed by atoms with Gasteiger partial charge in [0.1, 0.15) is 5.76 Å². The standard InChI is InChI=1S/C20H21N3O4/c1-13(2)27-11-10-23-17(15-4-3-7-22-12-15)16(19(25)20(23)26)18(24)14-5-8-21-9-6-14/h3-9,12-13,17,24H,10-11H2,1-2H3/b18-16-. The highest BCUT2D eigenvalue weighted by Gasteiger charge is 2.46. The number of hydrogen-bond acceptors (Lipinski definition) is 6. The number of nitrogens with zero attached hydrogens (tertiary/aromatic N) is 3. The van der Waals surface area contributed by atoms with Crippen molar-refractivity contribution in [3.05, 3.63) is 65.8 Å². The number of ketones is 1. The fourth-order valence-corrected chi connectivity index (χ4v) is 3.05. The van der Waals surface area contributed by atoms with Gasteiger partial charge in [-0.25, -0.2) is 0 Å². The van der Waals surface area contributed by atoms with Crippen LogP contribution in [0, 0.1) is 0 Å². The van der Waals surface area contributed by atoms with Crippen LogP contribution in [0.2, 0.25) is 0 Å². The highest BCUT2D eigenvalue weighted by atomic mass is 16.5. The molecule has 0 bridgehead atoms. The number of likely N-dealkylation sites (tertiary alicyclic amines) is 1. The monoisotopic (exact) mass is 367 g/mol. The van der Waals surface area contributed by atoms with Crippen LogP contribution in [0.3, 0.4) is 0 Å². The zero-order chi connectivity index (χ0) is 19.4. The van der Waals surface area contributed by atoms with Gasteiger partial charge >= 0.3 is 0 Å². The molecule has 1 unspecified atom stereocenters. The molecule has 1 atom stereocenters. The first kappa shape index (κ1) is 18.7. The molecule has 7 nitrogen and oxygen atoms in total. The summed E-state index contributed by atoms with van der Waals surface area (Å²) in [6, 6.07) is 5.96. The first-order chi connectivity index (χ1) is 13.0. The Labute approximate surface area is 157 Å². The fraction of sp³-hybridized carbons (Fsp3) is 0.300. The van der Waals surface area contributed by atoms with Crippen LogP contribution in [0.15, 0.2) is 54.6 Å². The summed E-state index contributed by atoms with van der Waals surface area (Å²) in [5.74, 6) is -1.61. The number of rotatable bonds is 6. The predicted octanol–water partition coefficient (Wildman–Crippen LogP) is 2.32. The lowest BCUT2D eigenvalue weighted by molar-refractivity contribution is -0.140. The molecule has 0 saturated carbocycles. The van der Waals surface area contributed by atoms with Crippen LogP contribution in [0.4, 0.5) is 0 Å². The largest absolute Gasteiger partial charge is 0.507 e. The van der Waals surface area contributed by atoms with Gasteiger partial charge in [0.15, 0.2) is 0 Å². The highest BCUT2D eigenvalue weighted by molar-refractivity contribution is 6.46. The minimum absolute atomic E-state index is 0.00971. The van der Waals surface area contributed by atoms with Crippen molar-refractivity contribution in [2.45, 2.75) is 26.0 Å². The molecule has 3 heterocycles. The van der Waals surface area contributed by atoms with Crippen molar-refractivity contribution in [2.24, 2.45) is 0 Å². The number of amides is 1. The summed E-state index contributed by atoms with van der Waals surface area (Å²) in [6.45, 7) is 4.32. The number of aliphatic hydroxyl groups excluding tert-OH is 1.